The van der Waals surface area contributed by atoms with E-state index in [1.165, 1.54) is 0 Å². The van der Waals surface area contributed by atoms with Gasteiger partial charge < -0.3 is 14.5 Å². The number of hydrogen-bond donors (Lipinski definition) is 1. The van der Waals surface area contributed by atoms with Gasteiger partial charge in [-0.05, 0) is 36.5 Å². The van der Waals surface area contributed by atoms with Crippen LogP contribution in [0.4, 0.5) is 11.4 Å². The van der Waals surface area contributed by atoms with Crippen molar-refractivity contribution >= 4 is 23.6 Å². The molecule has 0 unspecified atom stereocenters. The first kappa shape index (κ1) is 17.0. The molecule has 1 N–H and O–H groups in total. The van der Waals surface area contributed by atoms with E-state index in [1.54, 1.807) is 4.68 Å². The van der Waals surface area contributed by atoms with Crippen molar-refractivity contribution in [2.75, 3.05) is 31.6 Å². The van der Waals surface area contributed by atoms with E-state index in [-0.39, 0.29) is 0 Å². The summed E-state index contributed by atoms with van der Waals surface area (Å²) in [5.74, 6) is 0.516. The monoisotopic (exact) mass is 368 g/mol. The molecule has 0 radical (unpaired) electrons. The van der Waals surface area contributed by atoms with Crippen LogP contribution in [-0.4, -0.2) is 41.0 Å². The molecule has 1 aliphatic heterocycles. The van der Waals surface area contributed by atoms with Crippen molar-refractivity contribution in [2.24, 2.45) is 0 Å². The first-order valence-electron chi connectivity index (χ1n) is 8.59. The zero-order valence-corrected chi connectivity index (χ0v) is 15.1. The Balaban J connectivity index is 1.60. The van der Waals surface area contributed by atoms with Gasteiger partial charge in [-0.15, -0.1) is 5.10 Å². The smallest absolute Gasteiger partial charge is 0.288 e. The van der Waals surface area contributed by atoms with Gasteiger partial charge in [0.2, 0.25) is 5.89 Å². The Kier molecular flexibility index (Phi) is 5.10. The fourth-order valence-electron chi connectivity index (χ4n) is 2.89. The SMILES string of the molecule is S=c1oc(-c2ccccc2Nc2ccccc2)nn1CN1CCOCC1. The van der Waals surface area contributed by atoms with E-state index in [1.807, 2.05) is 54.6 Å². The Morgan fingerprint density at radius 3 is 2.54 bits per heavy atom. The van der Waals surface area contributed by atoms with Crippen LogP contribution in [0.5, 0.6) is 0 Å². The third kappa shape index (κ3) is 3.85. The average molecular weight is 368 g/mol. The van der Waals surface area contributed by atoms with Crippen LogP contribution < -0.4 is 5.32 Å². The molecule has 0 atom stereocenters. The van der Waals surface area contributed by atoms with Gasteiger partial charge in [0, 0.05) is 18.8 Å². The Labute approximate surface area is 157 Å². The van der Waals surface area contributed by atoms with Gasteiger partial charge in [-0.1, -0.05) is 30.3 Å². The minimum Gasteiger partial charge on any atom is -0.409 e. The molecule has 4 rings (SSSR count). The van der Waals surface area contributed by atoms with Crippen LogP contribution in [-0.2, 0) is 11.4 Å². The van der Waals surface area contributed by atoms with Gasteiger partial charge in [-0.2, -0.15) is 0 Å². The van der Waals surface area contributed by atoms with Crippen LogP contribution in [0, 0.1) is 4.84 Å². The first-order chi connectivity index (χ1) is 12.8. The molecule has 1 fully saturated rings. The van der Waals surface area contributed by atoms with Crippen LogP contribution in [0.2, 0.25) is 0 Å². The molecule has 3 aromatic rings. The second-order valence-corrected chi connectivity index (χ2v) is 6.43. The number of rotatable bonds is 5. The van der Waals surface area contributed by atoms with E-state index in [2.05, 4.69) is 15.3 Å². The van der Waals surface area contributed by atoms with Gasteiger partial charge in [0.1, 0.15) is 0 Å². The molecule has 7 heteroatoms. The molecule has 134 valence electrons. The number of anilines is 2. The highest BCUT2D eigenvalue weighted by molar-refractivity contribution is 7.71. The molecule has 1 saturated heterocycles. The zero-order chi connectivity index (χ0) is 17.8. The van der Waals surface area contributed by atoms with E-state index >= 15 is 0 Å². The fraction of sp³-hybridized carbons (Fsp3) is 0.263. The highest BCUT2D eigenvalue weighted by atomic mass is 32.1. The zero-order valence-electron chi connectivity index (χ0n) is 14.3. The molecule has 0 spiro atoms. The number of benzene rings is 2. The number of nitrogens with one attached hydrogen (secondary N) is 1. The predicted octanol–water partition coefficient (Wildman–Crippen LogP) is 3.91. The van der Waals surface area contributed by atoms with Crippen molar-refractivity contribution in [2.45, 2.75) is 6.67 Å². The molecular formula is C19H20N4O2S. The van der Waals surface area contributed by atoms with E-state index in [4.69, 9.17) is 21.4 Å². The van der Waals surface area contributed by atoms with Gasteiger partial charge in [0.25, 0.3) is 4.84 Å². The molecule has 0 aliphatic carbocycles. The van der Waals surface area contributed by atoms with Gasteiger partial charge in [-0.3, -0.25) is 4.90 Å². The largest absolute Gasteiger partial charge is 0.409 e. The van der Waals surface area contributed by atoms with Crippen molar-refractivity contribution in [1.29, 1.82) is 0 Å². The van der Waals surface area contributed by atoms with Crippen molar-refractivity contribution in [3.63, 3.8) is 0 Å². The van der Waals surface area contributed by atoms with E-state index in [0.717, 1.165) is 43.2 Å². The summed E-state index contributed by atoms with van der Waals surface area (Å²) < 4.78 is 12.9. The van der Waals surface area contributed by atoms with Crippen LogP contribution >= 0.6 is 12.2 Å². The number of ether oxygens (including phenoxy) is 1. The lowest BCUT2D eigenvalue weighted by atomic mass is 10.1. The summed E-state index contributed by atoms with van der Waals surface area (Å²) in [6.45, 7) is 3.83. The van der Waals surface area contributed by atoms with Gasteiger partial charge in [-0.25, -0.2) is 4.68 Å². The Hall–Kier alpha value is -2.48. The van der Waals surface area contributed by atoms with Gasteiger partial charge in [0.15, 0.2) is 0 Å². The van der Waals surface area contributed by atoms with Crippen molar-refractivity contribution in [3.05, 3.63) is 59.4 Å². The van der Waals surface area contributed by atoms with Crippen LogP contribution in [0.1, 0.15) is 0 Å². The average Bonchev–Trinajstić information content (AvgIpc) is 3.04. The minimum absolute atomic E-state index is 0.376. The molecular weight excluding hydrogens is 348 g/mol. The summed E-state index contributed by atoms with van der Waals surface area (Å²) in [6.07, 6.45) is 0. The lowest BCUT2D eigenvalue weighted by Gasteiger charge is -2.25. The lowest BCUT2D eigenvalue weighted by molar-refractivity contribution is 0.0206. The first-order valence-corrected chi connectivity index (χ1v) is 9.00. The molecule has 1 aromatic heterocycles. The summed E-state index contributed by atoms with van der Waals surface area (Å²) in [7, 11) is 0. The highest BCUT2D eigenvalue weighted by Crippen LogP contribution is 2.29. The molecule has 0 amide bonds. The second kappa shape index (κ2) is 7.82. The third-order valence-electron chi connectivity index (χ3n) is 4.25. The summed E-state index contributed by atoms with van der Waals surface area (Å²) >= 11 is 5.37. The molecule has 0 saturated carbocycles. The van der Waals surface area contributed by atoms with Gasteiger partial charge >= 0.3 is 0 Å². The summed E-state index contributed by atoms with van der Waals surface area (Å²) in [5, 5.41) is 8.01. The Morgan fingerprint density at radius 1 is 1.00 bits per heavy atom. The Morgan fingerprint density at radius 2 is 1.73 bits per heavy atom. The Bertz CT molecular complexity index is 917. The minimum atomic E-state index is 0.376. The van der Waals surface area contributed by atoms with Crippen LogP contribution in [0.3, 0.4) is 0 Å². The fourth-order valence-corrected chi connectivity index (χ4v) is 3.07. The normalized spacial score (nSPS) is 15.1. The molecule has 1 aliphatic rings. The molecule has 0 bridgehead atoms. The molecule has 2 aromatic carbocycles. The summed E-state index contributed by atoms with van der Waals surface area (Å²) in [5.41, 5.74) is 2.81. The number of para-hydroxylation sites is 2. The number of aromatic nitrogens is 2. The maximum absolute atomic E-state index is 5.79. The van der Waals surface area contributed by atoms with Crippen LogP contribution in [0.15, 0.2) is 59.0 Å². The van der Waals surface area contributed by atoms with E-state index in [9.17, 15) is 0 Å². The van der Waals surface area contributed by atoms with Crippen molar-refractivity contribution < 1.29 is 9.15 Å². The maximum atomic E-state index is 5.79. The topological polar surface area (TPSA) is 55.5 Å². The molecule has 6 nitrogen and oxygen atoms in total. The quantitative estimate of drug-likeness (QED) is 0.689. The number of nitrogens with zero attached hydrogens (tertiary/aromatic N) is 3. The van der Waals surface area contributed by atoms with Crippen LogP contribution in [0.25, 0.3) is 11.5 Å². The van der Waals surface area contributed by atoms with Crippen molar-refractivity contribution in [1.82, 2.24) is 14.7 Å². The van der Waals surface area contributed by atoms with E-state index in [0.29, 0.717) is 17.4 Å². The number of hydrogen-bond acceptors (Lipinski definition) is 6. The molecule has 26 heavy (non-hydrogen) atoms. The second-order valence-electron chi connectivity index (χ2n) is 6.08. The number of morpholine rings is 1. The van der Waals surface area contributed by atoms with E-state index < -0.39 is 0 Å². The lowest BCUT2D eigenvalue weighted by Crippen LogP contribution is -2.37. The van der Waals surface area contributed by atoms with Crippen molar-refractivity contribution in [3.8, 4) is 11.5 Å². The summed E-state index contributed by atoms with van der Waals surface area (Å²) in [4.78, 5) is 2.63. The standard InChI is InChI=1S/C19H20N4O2S/c26-19-23(14-22-10-12-24-13-11-22)21-18(25-19)16-8-4-5-9-17(16)20-15-6-2-1-3-7-15/h1-9,20H,10-14H2. The van der Waals surface area contributed by atoms with Gasteiger partial charge in [0.05, 0.1) is 31.1 Å². The summed E-state index contributed by atoms with van der Waals surface area (Å²) in [6, 6.07) is 17.9. The highest BCUT2D eigenvalue weighted by Gasteiger charge is 2.16. The predicted molar refractivity (Wildman–Crippen MR) is 103 cm³/mol. The molecule has 2 heterocycles. The maximum Gasteiger partial charge on any atom is 0.288 e. The third-order valence-corrected chi connectivity index (χ3v) is 4.55.